The molecular formula is C20H18N4O3. The number of methoxy groups -OCH3 is 1. The number of aryl methyl sites for hydroxylation is 1. The molecule has 7 heteroatoms. The van der Waals surface area contributed by atoms with Crippen LogP contribution in [0.3, 0.4) is 0 Å². The smallest absolute Gasteiger partial charge is 0.277 e. The molecule has 4 rings (SSSR count). The highest BCUT2D eigenvalue weighted by atomic mass is 16.5. The second kappa shape index (κ2) is 6.95. The first kappa shape index (κ1) is 16.8. The number of para-hydroxylation sites is 1. The third-order valence-corrected chi connectivity index (χ3v) is 4.41. The number of rotatable bonds is 5. The number of hydrogen-bond donors (Lipinski definition) is 2. The van der Waals surface area contributed by atoms with Gasteiger partial charge in [-0.3, -0.25) is 14.2 Å². The molecule has 7 nitrogen and oxygen atoms in total. The van der Waals surface area contributed by atoms with Gasteiger partial charge in [-0.15, -0.1) is 0 Å². The maximum Gasteiger partial charge on any atom is 0.277 e. The molecule has 136 valence electrons. The van der Waals surface area contributed by atoms with Crippen molar-refractivity contribution < 1.29 is 9.53 Å². The number of hydrogen-bond acceptors (Lipinski definition) is 4. The Hall–Kier alpha value is -3.61. The third-order valence-electron chi connectivity index (χ3n) is 4.41. The average Bonchev–Trinajstić information content (AvgIpc) is 3.07. The van der Waals surface area contributed by atoms with Crippen LogP contribution >= 0.6 is 0 Å². The topological polar surface area (TPSA) is 89.0 Å². The van der Waals surface area contributed by atoms with Crippen molar-refractivity contribution in [2.75, 3.05) is 12.4 Å². The number of ether oxygens (including phenoxy) is 1. The Morgan fingerprint density at radius 2 is 2.07 bits per heavy atom. The van der Waals surface area contributed by atoms with Crippen LogP contribution in [-0.2, 0) is 11.3 Å². The van der Waals surface area contributed by atoms with Gasteiger partial charge in [-0.1, -0.05) is 24.3 Å². The number of aromatic nitrogens is 3. The molecule has 0 bridgehead atoms. The van der Waals surface area contributed by atoms with Crippen LogP contribution in [0.15, 0.2) is 59.7 Å². The largest absolute Gasteiger partial charge is 0.497 e. The summed E-state index contributed by atoms with van der Waals surface area (Å²) in [5.74, 6) is 0.476. The van der Waals surface area contributed by atoms with E-state index < -0.39 is 0 Å². The minimum Gasteiger partial charge on any atom is -0.497 e. The zero-order valence-corrected chi connectivity index (χ0v) is 14.7. The molecule has 1 amide bonds. The van der Waals surface area contributed by atoms with E-state index in [9.17, 15) is 9.59 Å². The average molecular weight is 362 g/mol. The van der Waals surface area contributed by atoms with E-state index in [1.165, 1.54) is 10.9 Å². The molecule has 0 atom stereocenters. The molecule has 0 spiro atoms. The zero-order valence-electron chi connectivity index (χ0n) is 14.7. The van der Waals surface area contributed by atoms with Crippen molar-refractivity contribution in [2.24, 2.45) is 0 Å². The molecule has 0 unspecified atom stereocenters. The van der Waals surface area contributed by atoms with Crippen molar-refractivity contribution in [1.29, 1.82) is 0 Å². The molecule has 0 saturated carbocycles. The molecule has 2 aromatic heterocycles. The van der Waals surface area contributed by atoms with E-state index in [0.717, 1.165) is 10.9 Å². The third kappa shape index (κ3) is 3.27. The van der Waals surface area contributed by atoms with Gasteiger partial charge < -0.3 is 15.0 Å². The summed E-state index contributed by atoms with van der Waals surface area (Å²) in [7, 11) is 1.57. The molecule has 0 radical (unpaired) electrons. The van der Waals surface area contributed by atoms with Crippen LogP contribution < -0.4 is 15.6 Å². The number of aromatic amines is 1. The number of nitrogens with one attached hydrogen (secondary N) is 2. The fraction of sp³-hybridized carbons (Fsp3) is 0.150. The van der Waals surface area contributed by atoms with Gasteiger partial charge >= 0.3 is 0 Å². The highest BCUT2D eigenvalue weighted by Crippen LogP contribution is 2.20. The molecule has 0 fully saturated rings. The van der Waals surface area contributed by atoms with Crippen LogP contribution in [0.25, 0.3) is 21.9 Å². The van der Waals surface area contributed by atoms with Crippen molar-refractivity contribution in [3.8, 4) is 5.75 Å². The summed E-state index contributed by atoms with van der Waals surface area (Å²) >= 11 is 0. The minimum absolute atomic E-state index is 0.157. The number of fused-ring (bicyclic) bond motifs is 3. The number of benzene rings is 2. The number of anilines is 1. The lowest BCUT2D eigenvalue weighted by molar-refractivity contribution is -0.116. The lowest BCUT2D eigenvalue weighted by Crippen LogP contribution is -2.23. The summed E-state index contributed by atoms with van der Waals surface area (Å²) in [6.45, 7) is 0.243. The number of amides is 1. The van der Waals surface area contributed by atoms with Gasteiger partial charge in [-0.05, 0) is 18.2 Å². The lowest BCUT2D eigenvalue weighted by atomic mass is 10.2. The summed E-state index contributed by atoms with van der Waals surface area (Å²) in [5, 5.41) is 3.71. The molecule has 2 heterocycles. The summed E-state index contributed by atoms with van der Waals surface area (Å²) in [6.07, 6.45) is 1.65. The molecule has 0 aliphatic carbocycles. The normalized spacial score (nSPS) is 11.0. The van der Waals surface area contributed by atoms with E-state index >= 15 is 0 Å². The van der Waals surface area contributed by atoms with Crippen molar-refractivity contribution >= 4 is 33.5 Å². The number of nitrogens with zero attached hydrogens (tertiary/aromatic N) is 2. The van der Waals surface area contributed by atoms with Crippen molar-refractivity contribution in [2.45, 2.75) is 13.0 Å². The Kier molecular flexibility index (Phi) is 4.33. The Morgan fingerprint density at radius 3 is 2.93 bits per heavy atom. The monoisotopic (exact) mass is 362 g/mol. The van der Waals surface area contributed by atoms with E-state index in [4.69, 9.17) is 4.74 Å². The van der Waals surface area contributed by atoms with Crippen LogP contribution in [0.5, 0.6) is 5.75 Å². The van der Waals surface area contributed by atoms with E-state index in [1.807, 2.05) is 24.3 Å². The SMILES string of the molecule is COc1cccc(NC(=O)CCn2cnc3c([nH]c4ccccc43)c2=O)c1. The Balaban J connectivity index is 1.51. The van der Waals surface area contributed by atoms with Gasteiger partial charge in [0.05, 0.1) is 13.4 Å². The van der Waals surface area contributed by atoms with Gasteiger partial charge in [-0.25, -0.2) is 4.98 Å². The van der Waals surface area contributed by atoms with Crippen LogP contribution in [0.1, 0.15) is 6.42 Å². The maximum atomic E-state index is 12.7. The number of carbonyl (C=O) groups is 1. The van der Waals surface area contributed by atoms with Gasteiger partial charge in [0, 0.05) is 35.6 Å². The summed E-state index contributed by atoms with van der Waals surface area (Å²) in [5.41, 5.74) is 2.42. The molecule has 2 N–H and O–H groups in total. The highest BCUT2D eigenvalue weighted by Gasteiger charge is 2.11. The number of carbonyl (C=O) groups excluding carboxylic acids is 1. The Bertz CT molecular complexity index is 1190. The van der Waals surface area contributed by atoms with Gasteiger partial charge in [0.25, 0.3) is 5.56 Å². The zero-order chi connectivity index (χ0) is 18.8. The second-order valence-corrected chi connectivity index (χ2v) is 6.17. The summed E-state index contributed by atoms with van der Waals surface area (Å²) < 4.78 is 6.59. The van der Waals surface area contributed by atoms with Crippen molar-refractivity contribution in [3.63, 3.8) is 0 Å². The predicted octanol–water partition coefficient (Wildman–Crippen LogP) is 2.92. The maximum absolute atomic E-state index is 12.7. The summed E-state index contributed by atoms with van der Waals surface area (Å²) in [6, 6.07) is 14.8. The van der Waals surface area contributed by atoms with Gasteiger partial charge in [-0.2, -0.15) is 0 Å². The fourth-order valence-corrected chi connectivity index (χ4v) is 3.05. The quantitative estimate of drug-likeness (QED) is 0.571. The minimum atomic E-state index is -0.189. The van der Waals surface area contributed by atoms with Gasteiger partial charge in [0.1, 0.15) is 16.8 Å². The molecule has 27 heavy (non-hydrogen) atoms. The molecule has 0 aliphatic rings. The fourth-order valence-electron chi connectivity index (χ4n) is 3.05. The van der Waals surface area contributed by atoms with Gasteiger partial charge in [0.2, 0.25) is 5.91 Å². The van der Waals surface area contributed by atoms with E-state index in [0.29, 0.717) is 22.5 Å². The standard InChI is InChI=1S/C20H18N4O3/c1-27-14-6-4-5-13(11-14)22-17(25)9-10-24-12-21-18-15-7-2-3-8-16(15)23-19(18)20(24)26/h2-8,11-12,23H,9-10H2,1H3,(H,22,25). The van der Waals surface area contributed by atoms with E-state index in [-0.39, 0.29) is 24.4 Å². The lowest BCUT2D eigenvalue weighted by Gasteiger charge is -2.08. The predicted molar refractivity (Wildman–Crippen MR) is 104 cm³/mol. The molecule has 4 aromatic rings. The van der Waals surface area contributed by atoms with Crippen molar-refractivity contribution in [1.82, 2.24) is 14.5 Å². The van der Waals surface area contributed by atoms with E-state index in [2.05, 4.69) is 15.3 Å². The van der Waals surface area contributed by atoms with E-state index in [1.54, 1.807) is 31.4 Å². The highest BCUT2D eigenvalue weighted by molar-refractivity contribution is 6.04. The Morgan fingerprint density at radius 1 is 1.22 bits per heavy atom. The van der Waals surface area contributed by atoms with Crippen LogP contribution in [0.2, 0.25) is 0 Å². The second-order valence-electron chi connectivity index (χ2n) is 6.17. The molecule has 0 aliphatic heterocycles. The molecule has 0 saturated heterocycles. The van der Waals surface area contributed by atoms with Crippen molar-refractivity contribution in [3.05, 3.63) is 65.2 Å². The summed E-state index contributed by atoms with van der Waals surface area (Å²) in [4.78, 5) is 32.4. The molecule has 2 aromatic carbocycles. The molecular weight excluding hydrogens is 344 g/mol. The van der Waals surface area contributed by atoms with Crippen LogP contribution in [0, 0.1) is 0 Å². The van der Waals surface area contributed by atoms with Crippen LogP contribution in [-0.4, -0.2) is 27.6 Å². The number of H-pyrrole nitrogens is 1. The Labute approximate surface area is 154 Å². The first-order valence-corrected chi connectivity index (χ1v) is 8.55. The first-order valence-electron chi connectivity index (χ1n) is 8.55. The first-order chi connectivity index (χ1) is 13.2. The van der Waals surface area contributed by atoms with Crippen LogP contribution in [0.4, 0.5) is 5.69 Å². The van der Waals surface area contributed by atoms with Gasteiger partial charge in [0.15, 0.2) is 0 Å².